The smallest absolute Gasteiger partial charge is 0.123 e. The lowest BCUT2D eigenvalue weighted by molar-refractivity contribution is 0.102. The van der Waals surface area contributed by atoms with Crippen molar-refractivity contribution >= 4 is 0 Å². The molecule has 0 bridgehead atoms. The minimum atomic E-state index is -0.313. The number of nitrogens with zero attached hydrogens (tertiary/aromatic N) is 1. The first-order chi connectivity index (χ1) is 8.11. The van der Waals surface area contributed by atoms with Gasteiger partial charge in [-0.2, -0.15) is 0 Å². The second-order valence-electron chi connectivity index (χ2n) is 4.52. The van der Waals surface area contributed by atoms with Crippen LogP contribution in [0.1, 0.15) is 24.9 Å². The maximum atomic E-state index is 13.2. The van der Waals surface area contributed by atoms with Crippen LogP contribution >= 0.6 is 0 Å². The maximum absolute atomic E-state index is 13.2. The quantitative estimate of drug-likeness (QED) is 0.878. The molecule has 0 saturated carbocycles. The number of aromatic hydroxyl groups is 1. The van der Waals surface area contributed by atoms with Crippen molar-refractivity contribution in [2.75, 3.05) is 20.2 Å². The van der Waals surface area contributed by atoms with Crippen LogP contribution in [0.3, 0.4) is 0 Å². The molecule has 0 spiro atoms. The molecule has 1 aliphatic heterocycles. The van der Waals surface area contributed by atoms with Gasteiger partial charge in [-0.05, 0) is 31.5 Å². The number of benzene rings is 1. The van der Waals surface area contributed by atoms with E-state index in [0.717, 1.165) is 19.5 Å². The van der Waals surface area contributed by atoms with Gasteiger partial charge in [-0.3, -0.25) is 4.90 Å². The molecule has 2 rings (SSSR count). The lowest BCUT2D eigenvalue weighted by Crippen LogP contribution is -2.26. The van der Waals surface area contributed by atoms with Gasteiger partial charge >= 0.3 is 0 Å². The fourth-order valence-electron chi connectivity index (χ4n) is 2.35. The predicted octanol–water partition coefficient (Wildman–Crippen LogP) is 2.31. The van der Waals surface area contributed by atoms with Crippen molar-refractivity contribution in [2.24, 2.45) is 0 Å². The first kappa shape index (κ1) is 12.3. The third-order valence-corrected chi connectivity index (χ3v) is 3.50. The number of ether oxygens (including phenoxy) is 1. The Morgan fingerprint density at radius 3 is 2.94 bits per heavy atom. The Bertz CT molecular complexity index is 397. The molecular weight excluding hydrogens is 221 g/mol. The summed E-state index contributed by atoms with van der Waals surface area (Å²) in [5.41, 5.74) is 0.641. The Kier molecular flexibility index (Phi) is 3.64. The molecule has 2 atom stereocenters. The van der Waals surface area contributed by atoms with Gasteiger partial charge in [0.15, 0.2) is 0 Å². The number of likely N-dealkylation sites (tertiary alicyclic amines) is 1. The Morgan fingerprint density at radius 2 is 2.29 bits per heavy atom. The molecule has 1 saturated heterocycles. The standard InChI is InChI=1S/C13H18FNO2/c1-9(15-6-5-11(8-15)17-2)12-7-10(14)3-4-13(12)16/h3-4,7,9,11,16H,5-6,8H2,1-2H3. The van der Waals surface area contributed by atoms with Crippen LogP contribution in [0.4, 0.5) is 4.39 Å². The molecule has 1 heterocycles. The van der Waals surface area contributed by atoms with E-state index < -0.39 is 0 Å². The van der Waals surface area contributed by atoms with E-state index in [0.29, 0.717) is 5.56 Å². The van der Waals surface area contributed by atoms with Gasteiger partial charge in [0.1, 0.15) is 11.6 Å². The van der Waals surface area contributed by atoms with Crippen LogP contribution in [-0.4, -0.2) is 36.3 Å². The van der Waals surface area contributed by atoms with E-state index in [1.807, 2.05) is 6.92 Å². The van der Waals surface area contributed by atoms with E-state index in [-0.39, 0.29) is 23.7 Å². The number of hydrogen-bond acceptors (Lipinski definition) is 3. The zero-order chi connectivity index (χ0) is 12.4. The van der Waals surface area contributed by atoms with Crippen LogP contribution in [0.15, 0.2) is 18.2 Å². The molecular formula is C13H18FNO2. The number of rotatable bonds is 3. The van der Waals surface area contributed by atoms with Crippen molar-refractivity contribution in [1.29, 1.82) is 0 Å². The normalized spacial score (nSPS) is 22.9. The number of halogens is 1. The summed E-state index contributed by atoms with van der Waals surface area (Å²) in [4.78, 5) is 2.20. The molecule has 1 aromatic rings. The van der Waals surface area contributed by atoms with Crippen molar-refractivity contribution < 1.29 is 14.2 Å². The van der Waals surface area contributed by atoms with Crippen molar-refractivity contribution in [1.82, 2.24) is 4.90 Å². The molecule has 1 aromatic carbocycles. The SMILES string of the molecule is COC1CCN(C(C)c2cc(F)ccc2O)C1. The summed E-state index contributed by atoms with van der Waals surface area (Å²) in [6, 6.07) is 4.09. The van der Waals surface area contributed by atoms with E-state index >= 15 is 0 Å². The number of phenols is 1. The maximum Gasteiger partial charge on any atom is 0.123 e. The second kappa shape index (κ2) is 5.02. The zero-order valence-corrected chi connectivity index (χ0v) is 10.2. The minimum Gasteiger partial charge on any atom is -0.508 e. The van der Waals surface area contributed by atoms with Crippen LogP contribution in [0.2, 0.25) is 0 Å². The monoisotopic (exact) mass is 239 g/mol. The summed E-state index contributed by atoms with van der Waals surface area (Å²) < 4.78 is 18.5. The summed E-state index contributed by atoms with van der Waals surface area (Å²) in [5, 5.41) is 9.76. The van der Waals surface area contributed by atoms with E-state index in [9.17, 15) is 9.50 Å². The molecule has 0 radical (unpaired) electrons. The van der Waals surface area contributed by atoms with Gasteiger partial charge in [-0.1, -0.05) is 0 Å². The third kappa shape index (κ3) is 2.58. The fraction of sp³-hybridized carbons (Fsp3) is 0.538. The molecule has 0 aromatic heterocycles. The van der Waals surface area contributed by atoms with Crippen LogP contribution in [0.25, 0.3) is 0 Å². The van der Waals surface area contributed by atoms with Crippen molar-refractivity contribution in [3.05, 3.63) is 29.6 Å². The Balaban J connectivity index is 2.14. The minimum absolute atomic E-state index is 0.00542. The van der Waals surface area contributed by atoms with Crippen molar-refractivity contribution in [2.45, 2.75) is 25.5 Å². The van der Waals surface area contributed by atoms with E-state index in [1.54, 1.807) is 7.11 Å². The lowest BCUT2D eigenvalue weighted by Gasteiger charge is -2.25. The summed E-state index contributed by atoms with van der Waals surface area (Å²) in [6.07, 6.45) is 1.23. The Labute approximate surface area is 101 Å². The number of phenolic OH excluding ortho intramolecular Hbond substituents is 1. The van der Waals surface area contributed by atoms with Gasteiger partial charge in [-0.15, -0.1) is 0 Å². The number of hydrogen-bond donors (Lipinski definition) is 1. The van der Waals surface area contributed by atoms with Crippen LogP contribution < -0.4 is 0 Å². The molecule has 3 nitrogen and oxygen atoms in total. The number of methoxy groups -OCH3 is 1. The average Bonchev–Trinajstić information content (AvgIpc) is 2.80. The molecule has 94 valence electrons. The molecule has 1 aliphatic rings. The highest BCUT2D eigenvalue weighted by Crippen LogP contribution is 2.31. The van der Waals surface area contributed by atoms with Gasteiger partial charge in [0, 0.05) is 31.8 Å². The van der Waals surface area contributed by atoms with E-state index in [4.69, 9.17) is 4.74 Å². The molecule has 1 N–H and O–H groups in total. The van der Waals surface area contributed by atoms with Crippen LogP contribution in [0, 0.1) is 5.82 Å². The molecule has 17 heavy (non-hydrogen) atoms. The summed E-state index contributed by atoms with van der Waals surface area (Å²) in [7, 11) is 1.71. The highest BCUT2D eigenvalue weighted by molar-refractivity contribution is 5.35. The van der Waals surface area contributed by atoms with Gasteiger partial charge < -0.3 is 9.84 Å². The lowest BCUT2D eigenvalue weighted by atomic mass is 10.1. The molecule has 2 unspecified atom stereocenters. The van der Waals surface area contributed by atoms with Crippen molar-refractivity contribution in [3.63, 3.8) is 0 Å². The summed E-state index contributed by atoms with van der Waals surface area (Å²) in [6.45, 7) is 3.72. The molecule has 0 aliphatic carbocycles. The third-order valence-electron chi connectivity index (χ3n) is 3.50. The van der Waals surface area contributed by atoms with Crippen molar-refractivity contribution in [3.8, 4) is 5.75 Å². The second-order valence-corrected chi connectivity index (χ2v) is 4.52. The topological polar surface area (TPSA) is 32.7 Å². The Morgan fingerprint density at radius 1 is 1.53 bits per heavy atom. The Hall–Kier alpha value is -1.13. The predicted molar refractivity (Wildman–Crippen MR) is 63.5 cm³/mol. The fourth-order valence-corrected chi connectivity index (χ4v) is 2.35. The average molecular weight is 239 g/mol. The van der Waals surface area contributed by atoms with Gasteiger partial charge in [0.05, 0.1) is 6.10 Å². The largest absolute Gasteiger partial charge is 0.508 e. The first-order valence-electron chi connectivity index (χ1n) is 5.87. The first-order valence-corrected chi connectivity index (χ1v) is 5.87. The molecule has 0 amide bonds. The highest BCUT2D eigenvalue weighted by atomic mass is 19.1. The zero-order valence-electron chi connectivity index (χ0n) is 10.2. The van der Waals surface area contributed by atoms with Crippen LogP contribution in [0.5, 0.6) is 5.75 Å². The summed E-state index contributed by atoms with van der Waals surface area (Å²) >= 11 is 0. The van der Waals surface area contributed by atoms with Gasteiger partial charge in [0.2, 0.25) is 0 Å². The van der Waals surface area contributed by atoms with Gasteiger partial charge in [0.25, 0.3) is 0 Å². The van der Waals surface area contributed by atoms with Gasteiger partial charge in [-0.25, -0.2) is 4.39 Å². The molecule has 1 fully saturated rings. The van der Waals surface area contributed by atoms with E-state index in [2.05, 4.69) is 4.90 Å². The summed E-state index contributed by atoms with van der Waals surface area (Å²) in [5.74, 6) is -0.160. The van der Waals surface area contributed by atoms with E-state index in [1.165, 1.54) is 18.2 Å². The molecule has 4 heteroatoms. The highest BCUT2D eigenvalue weighted by Gasteiger charge is 2.27. The van der Waals surface area contributed by atoms with Crippen LogP contribution in [-0.2, 0) is 4.74 Å².